The normalized spacial score (nSPS) is 10.8. The van der Waals surface area contributed by atoms with Gasteiger partial charge < -0.3 is 0 Å². The first-order valence-corrected chi connectivity index (χ1v) is 6.05. The van der Waals surface area contributed by atoms with Crippen molar-refractivity contribution in [3.63, 3.8) is 0 Å². The van der Waals surface area contributed by atoms with Gasteiger partial charge in [0.2, 0.25) is 0 Å². The second-order valence-corrected chi connectivity index (χ2v) is 4.06. The van der Waals surface area contributed by atoms with Gasteiger partial charge in [0.1, 0.15) is 0 Å². The standard InChI is InChI=1S/C16H17N/c1-3-7-15(8-4-1)9-5-2-6-10-16-11-13-17-14-12-16/h1,3-5,7-9,11-14H,2,6,10H2/b9-5-. The summed E-state index contributed by atoms with van der Waals surface area (Å²) in [6.07, 6.45) is 11.6. The molecule has 0 fully saturated rings. The molecule has 1 nitrogen and oxygen atoms in total. The van der Waals surface area contributed by atoms with Crippen LogP contribution in [0.3, 0.4) is 0 Å². The van der Waals surface area contributed by atoms with E-state index in [-0.39, 0.29) is 0 Å². The smallest absolute Gasteiger partial charge is 0.0270 e. The third-order valence-corrected chi connectivity index (χ3v) is 2.70. The van der Waals surface area contributed by atoms with E-state index in [4.69, 9.17) is 0 Å². The van der Waals surface area contributed by atoms with Crippen LogP contribution < -0.4 is 0 Å². The average Bonchev–Trinajstić information content (AvgIpc) is 2.41. The lowest BCUT2D eigenvalue weighted by Gasteiger charge is -1.97. The van der Waals surface area contributed by atoms with Crippen LogP contribution >= 0.6 is 0 Å². The molecule has 1 aromatic heterocycles. The van der Waals surface area contributed by atoms with Crippen LogP contribution in [0.1, 0.15) is 24.0 Å². The lowest BCUT2D eigenvalue weighted by molar-refractivity contribution is 0.843. The van der Waals surface area contributed by atoms with Crippen molar-refractivity contribution in [2.75, 3.05) is 0 Å². The number of unbranched alkanes of at least 4 members (excludes halogenated alkanes) is 1. The summed E-state index contributed by atoms with van der Waals surface area (Å²) >= 11 is 0. The minimum atomic E-state index is 1.12. The number of nitrogens with zero attached hydrogens (tertiary/aromatic N) is 1. The summed E-state index contributed by atoms with van der Waals surface area (Å²) in [6.45, 7) is 0. The van der Waals surface area contributed by atoms with Crippen LogP contribution in [0.25, 0.3) is 6.08 Å². The topological polar surface area (TPSA) is 12.9 Å². The largest absolute Gasteiger partial charge is 0.265 e. The molecule has 0 aliphatic heterocycles. The molecule has 0 aliphatic rings. The highest BCUT2D eigenvalue weighted by atomic mass is 14.6. The molecule has 0 N–H and O–H groups in total. The molecule has 1 aromatic carbocycles. The van der Waals surface area contributed by atoms with Gasteiger partial charge in [-0.25, -0.2) is 0 Å². The van der Waals surface area contributed by atoms with Crippen LogP contribution in [0.15, 0.2) is 60.9 Å². The summed E-state index contributed by atoms with van der Waals surface area (Å²) in [5.41, 5.74) is 2.64. The highest BCUT2D eigenvalue weighted by Crippen LogP contribution is 2.06. The van der Waals surface area contributed by atoms with E-state index in [0.29, 0.717) is 0 Å². The summed E-state index contributed by atoms with van der Waals surface area (Å²) in [6, 6.07) is 14.6. The fourth-order valence-corrected chi connectivity index (χ4v) is 1.76. The first kappa shape index (κ1) is 11.6. The fourth-order valence-electron chi connectivity index (χ4n) is 1.76. The molecule has 0 aliphatic carbocycles. The van der Waals surface area contributed by atoms with Crippen molar-refractivity contribution in [1.82, 2.24) is 4.98 Å². The van der Waals surface area contributed by atoms with Crippen LogP contribution in [0, 0.1) is 0 Å². The first-order chi connectivity index (χ1) is 8.45. The van der Waals surface area contributed by atoms with E-state index in [2.05, 4.69) is 53.5 Å². The molecule has 2 aromatic rings. The number of aromatic nitrogens is 1. The molecule has 0 atom stereocenters. The summed E-state index contributed by atoms with van der Waals surface area (Å²) in [7, 11) is 0. The van der Waals surface area contributed by atoms with Gasteiger partial charge in [0.25, 0.3) is 0 Å². The molecular weight excluding hydrogens is 206 g/mol. The van der Waals surface area contributed by atoms with E-state index in [1.54, 1.807) is 0 Å². The Hall–Kier alpha value is -1.89. The Morgan fingerprint density at radius 2 is 1.71 bits per heavy atom. The van der Waals surface area contributed by atoms with Crippen molar-refractivity contribution in [3.05, 3.63) is 72.1 Å². The van der Waals surface area contributed by atoms with E-state index in [1.165, 1.54) is 17.5 Å². The quantitative estimate of drug-likeness (QED) is 0.695. The average molecular weight is 223 g/mol. The summed E-state index contributed by atoms with van der Waals surface area (Å²) in [5.74, 6) is 0. The van der Waals surface area contributed by atoms with Gasteiger partial charge in [-0.05, 0) is 42.5 Å². The molecule has 2 rings (SSSR count). The lowest BCUT2D eigenvalue weighted by Crippen LogP contribution is -1.84. The number of benzene rings is 1. The van der Waals surface area contributed by atoms with Gasteiger partial charge in [-0.15, -0.1) is 0 Å². The summed E-state index contributed by atoms with van der Waals surface area (Å²) < 4.78 is 0. The number of hydrogen-bond donors (Lipinski definition) is 0. The third-order valence-electron chi connectivity index (χ3n) is 2.70. The third kappa shape index (κ3) is 4.23. The van der Waals surface area contributed by atoms with Gasteiger partial charge in [0, 0.05) is 12.4 Å². The van der Waals surface area contributed by atoms with Crippen LogP contribution in [-0.4, -0.2) is 4.98 Å². The van der Waals surface area contributed by atoms with Gasteiger partial charge in [-0.2, -0.15) is 0 Å². The van der Waals surface area contributed by atoms with Gasteiger partial charge in [0.15, 0.2) is 0 Å². The molecule has 0 amide bonds. The molecule has 17 heavy (non-hydrogen) atoms. The van der Waals surface area contributed by atoms with Crippen molar-refractivity contribution in [2.24, 2.45) is 0 Å². The van der Waals surface area contributed by atoms with E-state index in [0.717, 1.165) is 12.8 Å². The van der Waals surface area contributed by atoms with E-state index >= 15 is 0 Å². The fraction of sp³-hybridized carbons (Fsp3) is 0.188. The van der Waals surface area contributed by atoms with Crippen LogP contribution in [-0.2, 0) is 6.42 Å². The maximum atomic E-state index is 4.02. The zero-order valence-corrected chi connectivity index (χ0v) is 9.92. The minimum absolute atomic E-state index is 1.12. The monoisotopic (exact) mass is 223 g/mol. The SMILES string of the molecule is C(=C/c1ccccc1)/CCCc1ccncc1. The predicted molar refractivity (Wildman–Crippen MR) is 72.7 cm³/mol. The summed E-state index contributed by atoms with van der Waals surface area (Å²) in [5, 5.41) is 0. The molecule has 0 saturated heterocycles. The molecule has 0 spiro atoms. The Morgan fingerprint density at radius 1 is 0.941 bits per heavy atom. The van der Waals surface area contributed by atoms with Gasteiger partial charge in [0.05, 0.1) is 0 Å². The molecule has 1 heterocycles. The maximum Gasteiger partial charge on any atom is 0.0270 e. The molecule has 0 bridgehead atoms. The van der Waals surface area contributed by atoms with Gasteiger partial charge in [-0.3, -0.25) is 4.98 Å². The van der Waals surface area contributed by atoms with Gasteiger partial charge in [-0.1, -0.05) is 42.5 Å². The maximum absolute atomic E-state index is 4.02. The molecule has 0 radical (unpaired) electrons. The predicted octanol–water partition coefficient (Wildman–Crippen LogP) is 4.12. The van der Waals surface area contributed by atoms with E-state index in [1.807, 2.05) is 18.5 Å². The summed E-state index contributed by atoms with van der Waals surface area (Å²) in [4.78, 5) is 4.02. The van der Waals surface area contributed by atoms with Crippen molar-refractivity contribution < 1.29 is 0 Å². The number of aryl methyl sites for hydroxylation is 1. The van der Waals surface area contributed by atoms with Crippen molar-refractivity contribution in [1.29, 1.82) is 0 Å². The Balaban J connectivity index is 1.72. The Morgan fingerprint density at radius 3 is 2.47 bits per heavy atom. The van der Waals surface area contributed by atoms with Crippen molar-refractivity contribution >= 4 is 6.08 Å². The second kappa shape index (κ2) is 6.64. The highest BCUT2D eigenvalue weighted by Gasteiger charge is 1.90. The van der Waals surface area contributed by atoms with Crippen LogP contribution in [0.4, 0.5) is 0 Å². The molecule has 1 heteroatoms. The minimum Gasteiger partial charge on any atom is -0.265 e. The van der Waals surface area contributed by atoms with Crippen LogP contribution in [0.2, 0.25) is 0 Å². The zero-order chi connectivity index (χ0) is 11.8. The molecule has 86 valence electrons. The number of hydrogen-bond acceptors (Lipinski definition) is 1. The zero-order valence-electron chi connectivity index (χ0n) is 9.92. The Labute approximate surface area is 103 Å². The van der Waals surface area contributed by atoms with E-state index < -0.39 is 0 Å². The van der Waals surface area contributed by atoms with E-state index in [9.17, 15) is 0 Å². The lowest BCUT2D eigenvalue weighted by atomic mass is 10.1. The number of pyridine rings is 1. The molecular formula is C16H17N. The van der Waals surface area contributed by atoms with Crippen LogP contribution in [0.5, 0.6) is 0 Å². The molecule has 0 saturated carbocycles. The first-order valence-electron chi connectivity index (χ1n) is 6.05. The molecule has 0 unspecified atom stereocenters. The second-order valence-electron chi connectivity index (χ2n) is 4.06. The Kier molecular flexibility index (Phi) is 4.53. The van der Waals surface area contributed by atoms with Crippen molar-refractivity contribution in [3.8, 4) is 0 Å². The Bertz CT molecular complexity index is 445. The number of allylic oxidation sites excluding steroid dienone is 1. The van der Waals surface area contributed by atoms with Gasteiger partial charge >= 0.3 is 0 Å². The van der Waals surface area contributed by atoms with Crippen molar-refractivity contribution in [2.45, 2.75) is 19.3 Å². The highest BCUT2D eigenvalue weighted by molar-refractivity contribution is 5.48. The number of rotatable bonds is 5.